The van der Waals surface area contributed by atoms with Crippen LogP contribution < -0.4 is 5.73 Å². The lowest BCUT2D eigenvalue weighted by Gasteiger charge is -2.03. The molecule has 0 saturated carbocycles. The van der Waals surface area contributed by atoms with Gasteiger partial charge in [0, 0.05) is 23.4 Å². The summed E-state index contributed by atoms with van der Waals surface area (Å²) in [5.41, 5.74) is 7.84. The van der Waals surface area contributed by atoms with Crippen molar-refractivity contribution in [2.75, 3.05) is 5.73 Å². The molecule has 0 fully saturated rings. The monoisotopic (exact) mass is 265 g/mol. The highest BCUT2D eigenvalue weighted by Gasteiger charge is 2.06. The van der Waals surface area contributed by atoms with Crippen molar-refractivity contribution in [1.29, 1.82) is 0 Å². The molecule has 18 heavy (non-hydrogen) atoms. The third kappa shape index (κ3) is 2.85. The van der Waals surface area contributed by atoms with Crippen LogP contribution in [0.15, 0.2) is 29.2 Å². The fraction of sp³-hybridized carbons (Fsp3) is 0.308. The molecule has 0 aliphatic carbocycles. The van der Waals surface area contributed by atoms with Gasteiger partial charge in [0.15, 0.2) is 0 Å². The van der Waals surface area contributed by atoms with Gasteiger partial charge in [0.05, 0.1) is 11.4 Å². The van der Waals surface area contributed by atoms with Crippen LogP contribution in [0.3, 0.4) is 0 Å². The van der Waals surface area contributed by atoms with Crippen LogP contribution in [-0.2, 0) is 19.2 Å². The molecule has 2 rings (SSSR count). The van der Waals surface area contributed by atoms with Gasteiger partial charge in [-0.25, -0.2) is 4.39 Å². The lowest BCUT2D eigenvalue weighted by Crippen LogP contribution is -1.96. The second-order valence-electron chi connectivity index (χ2n) is 4.08. The number of thioether (sulfide) groups is 1. The Balaban J connectivity index is 2.06. The van der Waals surface area contributed by atoms with Crippen LogP contribution in [-0.4, -0.2) is 9.78 Å². The van der Waals surface area contributed by atoms with Gasteiger partial charge in [0.25, 0.3) is 0 Å². The molecule has 1 aromatic carbocycles. The van der Waals surface area contributed by atoms with Crippen LogP contribution in [0.5, 0.6) is 0 Å². The quantitative estimate of drug-likeness (QED) is 0.682. The summed E-state index contributed by atoms with van der Waals surface area (Å²) in [6, 6.07) is 6.98. The Morgan fingerprint density at radius 1 is 1.39 bits per heavy atom. The maximum atomic E-state index is 13.3. The average Bonchev–Trinajstić information content (AvgIpc) is 2.72. The zero-order valence-corrected chi connectivity index (χ0v) is 11.3. The van der Waals surface area contributed by atoms with E-state index in [0.717, 1.165) is 28.5 Å². The van der Waals surface area contributed by atoms with Crippen molar-refractivity contribution in [3.63, 3.8) is 0 Å². The second kappa shape index (κ2) is 5.44. The molecule has 5 heteroatoms. The van der Waals surface area contributed by atoms with E-state index in [-0.39, 0.29) is 11.5 Å². The highest BCUT2D eigenvalue weighted by Crippen LogP contribution is 2.25. The van der Waals surface area contributed by atoms with Gasteiger partial charge in [-0.05, 0) is 30.7 Å². The molecule has 96 valence electrons. The van der Waals surface area contributed by atoms with Gasteiger partial charge in [-0.15, -0.1) is 11.8 Å². The summed E-state index contributed by atoms with van der Waals surface area (Å²) in [5.74, 6) is 0.409. The van der Waals surface area contributed by atoms with Crippen LogP contribution in [0.2, 0.25) is 0 Å². The lowest BCUT2D eigenvalue weighted by atomic mass is 10.3. The Kier molecular flexibility index (Phi) is 3.91. The third-order valence-corrected chi connectivity index (χ3v) is 3.78. The minimum Gasteiger partial charge on any atom is -0.396 e. The van der Waals surface area contributed by atoms with Gasteiger partial charge < -0.3 is 5.73 Å². The molecule has 0 atom stereocenters. The van der Waals surface area contributed by atoms with Crippen LogP contribution in [0.1, 0.15) is 18.3 Å². The average molecular weight is 265 g/mol. The number of hydrogen-bond acceptors (Lipinski definition) is 3. The number of aryl methyl sites for hydroxylation is 2. The van der Waals surface area contributed by atoms with Crippen LogP contribution in [0.4, 0.5) is 10.1 Å². The first-order valence-corrected chi connectivity index (χ1v) is 6.78. The molecule has 0 unspecified atom stereocenters. The highest BCUT2D eigenvalue weighted by atomic mass is 32.2. The third-order valence-electron chi connectivity index (χ3n) is 2.75. The molecule has 0 aliphatic heterocycles. The number of nitrogens with two attached hydrogens (primary N) is 1. The highest BCUT2D eigenvalue weighted by molar-refractivity contribution is 7.98. The van der Waals surface area contributed by atoms with Crippen LogP contribution in [0.25, 0.3) is 0 Å². The van der Waals surface area contributed by atoms with E-state index in [1.54, 1.807) is 17.8 Å². The molecule has 0 aliphatic rings. The number of anilines is 1. The van der Waals surface area contributed by atoms with E-state index >= 15 is 0 Å². The Labute approximate surface area is 110 Å². The maximum absolute atomic E-state index is 13.3. The number of aromatic nitrogens is 2. The van der Waals surface area contributed by atoms with Gasteiger partial charge in [-0.3, -0.25) is 4.68 Å². The topological polar surface area (TPSA) is 43.8 Å². The van der Waals surface area contributed by atoms with Crippen molar-refractivity contribution in [2.45, 2.75) is 24.0 Å². The molecule has 0 radical (unpaired) electrons. The van der Waals surface area contributed by atoms with Crippen molar-refractivity contribution in [3.8, 4) is 0 Å². The van der Waals surface area contributed by atoms with Gasteiger partial charge in [0.1, 0.15) is 5.82 Å². The minimum absolute atomic E-state index is 0.188. The van der Waals surface area contributed by atoms with E-state index in [1.165, 1.54) is 6.07 Å². The van der Waals surface area contributed by atoms with Crippen LogP contribution >= 0.6 is 11.8 Å². The summed E-state index contributed by atoms with van der Waals surface area (Å²) in [5, 5.41) is 4.38. The first-order valence-electron chi connectivity index (χ1n) is 5.79. The number of benzene rings is 1. The van der Waals surface area contributed by atoms with Crippen LogP contribution in [0, 0.1) is 5.82 Å². The zero-order chi connectivity index (χ0) is 13.1. The fourth-order valence-corrected chi connectivity index (χ4v) is 2.57. The van der Waals surface area contributed by atoms with Gasteiger partial charge >= 0.3 is 0 Å². The fourth-order valence-electron chi connectivity index (χ4n) is 1.63. The van der Waals surface area contributed by atoms with E-state index in [0.29, 0.717) is 0 Å². The number of nitrogens with zero attached hydrogens (tertiary/aromatic N) is 2. The Bertz CT molecular complexity index is 551. The molecule has 0 saturated heterocycles. The van der Waals surface area contributed by atoms with E-state index in [1.807, 2.05) is 17.8 Å². The largest absolute Gasteiger partial charge is 0.396 e. The predicted octanol–water partition coefficient (Wildman–Crippen LogP) is 3.00. The van der Waals surface area contributed by atoms with Gasteiger partial charge in [-0.1, -0.05) is 6.92 Å². The van der Waals surface area contributed by atoms with Gasteiger partial charge in [-0.2, -0.15) is 5.10 Å². The van der Waals surface area contributed by atoms with Crippen molar-refractivity contribution >= 4 is 17.4 Å². The zero-order valence-electron chi connectivity index (χ0n) is 10.5. The van der Waals surface area contributed by atoms with E-state index in [4.69, 9.17) is 5.73 Å². The van der Waals surface area contributed by atoms with Crippen molar-refractivity contribution < 1.29 is 4.39 Å². The van der Waals surface area contributed by atoms with Gasteiger partial charge in [0.2, 0.25) is 0 Å². The Hall–Kier alpha value is -1.49. The molecule has 3 nitrogen and oxygen atoms in total. The summed E-state index contributed by atoms with van der Waals surface area (Å²) in [4.78, 5) is 0.876. The van der Waals surface area contributed by atoms with E-state index < -0.39 is 0 Å². The number of halogens is 1. The molecular weight excluding hydrogens is 249 g/mol. The number of rotatable bonds is 4. The molecule has 0 bridgehead atoms. The molecule has 1 heterocycles. The molecule has 0 amide bonds. The Morgan fingerprint density at radius 3 is 2.78 bits per heavy atom. The summed E-state index contributed by atoms with van der Waals surface area (Å²) in [7, 11) is 1.93. The van der Waals surface area contributed by atoms with Crippen molar-refractivity contribution in [1.82, 2.24) is 9.78 Å². The second-order valence-corrected chi connectivity index (χ2v) is 5.12. The molecule has 2 N–H and O–H groups in total. The molecule has 0 spiro atoms. The smallest absolute Gasteiger partial charge is 0.147 e. The van der Waals surface area contributed by atoms with Crippen molar-refractivity contribution in [3.05, 3.63) is 41.5 Å². The van der Waals surface area contributed by atoms with E-state index in [9.17, 15) is 4.39 Å². The summed E-state index contributed by atoms with van der Waals surface area (Å²) in [6.45, 7) is 2.08. The summed E-state index contributed by atoms with van der Waals surface area (Å²) < 4.78 is 15.2. The van der Waals surface area contributed by atoms with E-state index in [2.05, 4.69) is 18.1 Å². The first-order chi connectivity index (χ1) is 8.60. The Morgan fingerprint density at radius 2 is 2.17 bits per heavy atom. The molecule has 1 aromatic heterocycles. The SMILES string of the molecule is CCc1cc(CSc2ccc(N)c(F)c2)n(C)n1. The minimum atomic E-state index is -0.362. The molecule has 2 aromatic rings. The number of nitrogen functional groups attached to an aromatic ring is 1. The predicted molar refractivity (Wildman–Crippen MR) is 73.0 cm³/mol. The normalized spacial score (nSPS) is 10.8. The standard InChI is InChI=1S/C13H16FN3S/c1-3-9-6-10(17(2)16-9)8-18-11-4-5-13(15)12(14)7-11/h4-7H,3,8,15H2,1-2H3. The summed E-state index contributed by atoms with van der Waals surface area (Å²) in [6.07, 6.45) is 0.926. The number of hydrogen-bond donors (Lipinski definition) is 1. The lowest BCUT2D eigenvalue weighted by molar-refractivity contribution is 0.629. The van der Waals surface area contributed by atoms with Crippen molar-refractivity contribution in [2.24, 2.45) is 7.05 Å². The first kappa shape index (κ1) is 13.0. The summed E-state index contributed by atoms with van der Waals surface area (Å²) >= 11 is 1.58. The molecular formula is C13H16FN3S. The maximum Gasteiger partial charge on any atom is 0.147 e.